The van der Waals surface area contributed by atoms with Gasteiger partial charge in [-0.05, 0) is 50.5 Å². The first-order chi connectivity index (χ1) is 13.8. The maximum absolute atomic E-state index is 12.6. The average Bonchev–Trinajstić information content (AvgIpc) is 2.72. The molecule has 29 heavy (non-hydrogen) atoms. The SMILES string of the molecule is Cc1ccc(OC(C)C(=O)OCC(=O)N2CCCc3cc([N+](=O)[O-])ccc32)cc1. The maximum Gasteiger partial charge on any atom is 0.347 e. The molecule has 1 aliphatic rings. The standard InChI is InChI=1S/C21H22N2O6/c1-14-5-8-18(9-6-14)29-15(2)21(25)28-13-20(24)22-11-3-4-16-12-17(23(26)27)7-10-19(16)22/h5-10,12,15H,3-4,11,13H2,1-2H3. The van der Waals surface area contributed by atoms with Gasteiger partial charge in [-0.2, -0.15) is 0 Å². The number of hydrogen-bond acceptors (Lipinski definition) is 6. The highest BCUT2D eigenvalue weighted by Gasteiger charge is 2.26. The Morgan fingerprint density at radius 2 is 1.93 bits per heavy atom. The molecule has 1 unspecified atom stereocenters. The molecule has 0 aromatic heterocycles. The van der Waals surface area contributed by atoms with E-state index in [4.69, 9.17) is 9.47 Å². The van der Waals surface area contributed by atoms with Gasteiger partial charge in [-0.25, -0.2) is 4.79 Å². The Labute approximate surface area is 168 Å². The number of ether oxygens (including phenoxy) is 2. The normalized spacial score (nSPS) is 13.9. The van der Waals surface area contributed by atoms with Gasteiger partial charge in [0.05, 0.1) is 4.92 Å². The van der Waals surface area contributed by atoms with E-state index < -0.39 is 23.6 Å². The van der Waals surface area contributed by atoms with Gasteiger partial charge in [-0.3, -0.25) is 14.9 Å². The summed E-state index contributed by atoms with van der Waals surface area (Å²) >= 11 is 0. The van der Waals surface area contributed by atoms with E-state index in [-0.39, 0.29) is 11.6 Å². The van der Waals surface area contributed by atoms with Gasteiger partial charge in [-0.15, -0.1) is 0 Å². The minimum absolute atomic E-state index is 0.00782. The maximum atomic E-state index is 12.6. The van der Waals surface area contributed by atoms with Crippen LogP contribution in [0.5, 0.6) is 5.75 Å². The van der Waals surface area contributed by atoms with E-state index >= 15 is 0 Å². The number of rotatable bonds is 6. The summed E-state index contributed by atoms with van der Waals surface area (Å²) in [5.74, 6) is -0.478. The Morgan fingerprint density at radius 1 is 1.21 bits per heavy atom. The van der Waals surface area contributed by atoms with Crippen molar-refractivity contribution in [2.24, 2.45) is 0 Å². The third-order valence-electron chi connectivity index (χ3n) is 4.70. The first-order valence-corrected chi connectivity index (χ1v) is 9.33. The van der Waals surface area contributed by atoms with E-state index in [1.807, 2.05) is 19.1 Å². The topological polar surface area (TPSA) is 99.0 Å². The third-order valence-corrected chi connectivity index (χ3v) is 4.70. The zero-order valence-electron chi connectivity index (χ0n) is 16.3. The number of nitro benzene ring substituents is 1. The molecular weight excluding hydrogens is 376 g/mol. The summed E-state index contributed by atoms with van der Waals surface area (Å²) < 4.78 is 10.7. The Balaban J connectivity index is 1.59. The first kappa shape index (κ1) is 20.3. The van der Waals surface area contributed by atoms with E-state index in [0.717, 1.165) is 11.1 Å². The molecule has 0 saturated heterocycles. The Bertz CT molecular complexity index is 925. The van der Waals surface area contributed by atoms with Crippen molar-refractivity contribution >= 4 is 23.3 Å². The molecule has 0 spiro atoms. The fourth-order valence-electron chi connectivity index (χ4n) is 3.15. The zero-order chi connectivity index (χ0) is 21.0. The zero-order valence-corrected chi connectivity index (χ0v) is 16.3. The van der Waals surface area contributed by atoms with Crippen LogP contribution in [0.2, 0.25) is 0 Å². The Morgan fingerprint density at radius 3 is 2.62 bits per heavy atom. The molecule has 152 valence electrons. The molecule has 0 radical (unpaired) electrons. The molecule has 2 aromatic rings. The van der Waals surface area contributed by atoms with Gasteiger partial charge in [0.2, 0.25) is 0 Å². The number of nitrogens with zero attached hydrogens (tertiary/aromatic N) is 2. The third kappa shape index (κ3) is 4.90. The largest absolute Gasteiger partial charge is 0.479 e. The van der Waals surface area contributed by atoms with Gasteiger partial charge < -0.3 is 14.4 Å². The summed E-state index contributed by atoms with van der Waals surface area (Å²) in [5.41, 5.74) is 2.42. The van der Waals surface area contributed by atoms with Crippen LogP contribution in [0, 0.1) is 17.0 Å². The molecule has 0 fully saturated rings. The van der Waals surface area contributed by atoms with Crippen molar-refractivity contribution in [1.82, 2.24) is 0 Å². The Kier molecular flexibility index (Phi) is 6.11. The van der Waals surface area contributed by atoms with Crippen LogP contribution < -0.4 is 9.64 Å². The lowest BCUT2D eigenvalue weighted by atomic mass is 10.0. The van der Waals surface area contributed by atoms with Crippen LogP contribution in [-0.2, 0) is 20.7 Å². The average molecular weight is 398 g/mol. The summed E-state index contributed by atoms with van der Waals surface area (Å²) in [6.07, 6.45) is 0.477. The Hall–Kier alpha value is -3.42. The van der Waals surface area contributed by atoms with Gasteiger partial charge in [-0.1, -0.05) is 17.7 Å². The van der Waals surface area contributed by atoms with E-state index in [1.54, 1.807) is 25.1 Å². The fourth-order valence-corrected chi connectivity index (χ4v) is 3.15. The van der Waals surface area contributed by atoms with Crippen molar-refractivity contribution in [3.05, 3.63) is 63.7 Å². The number of amides is 1. The van der Waals surface area contributed by atoms with Crippen molar-refractivity contribution in [2.45, 2.75) is 32.8 Å². The quantitative estimate of drug-likeness (QED) is 0.421. The van der Waals surface area contributed by atoms with Gasteiger partial charge in [0, 0.05) is 24.4 Å². The number of non-ortho nitro benzene ring substituents is 1. The van der Waals surface area contributed by atoms with Crippen molar-refractivity contribution in [3.8, 4) is 5.75 Å². The lowest BCUT2D eigenvalue weighted by molar-refractivity contribution is -0.384. The second-order valence-corrected chi connectivity index (χ2v) is 6.90. The first-order valence-electron chi connectivity index (χ1n) is 9.33. The van der Waals surface area contributed by atoms with E-state index in [0.29, 0.717) is 30.8 Å². The van der Waals surface area contributed by atoms with Crippen LogP contribution in [0.3, 0.4) is 0 Å². The van der Waals surface area contributed by atoms with Gasteiger partial charge in [0.15, 0.2) is 12.7 Å². The summed E-state index contributed by atoms with van der Waals surface area (Å²) in [5, 5.41) is 10.9. The van der Waals surface area contributed by atoms with Crippen LogP contribution in [0.4, 0.5) is 11.4 Å². The molecule has 0 aliphatic carbocycles. The number of benzene rings is 2. The van der Waals surface area contributed by atoms with Crippen LogP contribution in [0.25, 0.3) is 0 Å². The lowest BCUT2D eigenvalue weighted by Gasteiger charge is -2.29. The monoisotopic (exact) mass is 398 g/mol. The summed E-state index contributed by atoms with van der Waals surface area (Å²) in [4.78, 5) is 36.7. The van der Waals surface area contributed by atoms with Crippen molar-refractivity contribution in [1.29, 1.82) is 0 Å². The van der Waals surface area contributed by atoms with E-state index in [2.05, 4.69) is 0 Å². The molecule has 0 saturated carbocycles. The summed E-state index contributed by atoms with van der Waals surface area (Å²) in [7, 11) is 0. The fraction of sp³-hybridized carbons (Fsp3) is 0.333. The second kappa shape index (κ2) is 8.72. The molecule has 1 atom stereocenters. The molecule has 1 amide bonds. The molecule has 0 bridgehead atoms. The minimum atomic E-state index is -0.859. The summed E-state index contributed by atoms with van der Waals surface area (Å²) in [6.45, 7) is 3.56. The van der Waals surface area contributed by atoms with Gasteiger partial charge >= 0.3 is 5.97 Å². The number of anilines is 1. The van der Waals surface area contributed by atoms with Crippen molar-refractivity contribution in [2.75, 3.05) is 18.1 Å². The molecule has 1 heterocycles. The number of aryl methyl sites for hydroxylation is 2. The highest BCUT2D eigenvalue weighted by Crippen LogP contribution is 2.30. The summed E-state index contributed by atoms with van der Waals surface area (Å²) in [6, 6.07) is 11.7. The van der Waals surface area contributed by atoms with Crippen LogP contribution in [0.1, 0.15) is 24.5 Å². The van der Waals surface area contributed by atoms with Crippen LogP contribution in [0.15, 0.2) is 42.5 Å². The molecule has 1 aliphatic heterocycles. The number of hydrogen-bond donors (Lipinski definition) is 0. The number of nitro groups is 1. The highest BCUT2D eigenvalue weighted by molar-refractivity contribution is 5.96. The highest BCUT2D eigenvalue weighted by atomic mass is 16.6. The molecule has 2 aromatic carbocycles. The predicted molar refractivity (Wildman–Crippen MR) is 106 cm³/mol. The van der Waals surface area contributed by atoms with Crippen LogP contribution >= 0.6 is 0 Å². The molecule has 0 N–H and O–H groups in total. The van der Waals surface area contributed by atoms with Crippen LogP contribution in [-0.4, -0.2) is 36.1 Å². The lowest BCUT2D eigenvalue weighted by Crippen LogP contribution is -2.39. The van der Waals surface area contributed by atoms with E-state index in [9.17, 15) is 19.7 Å². The predicted octanol–water partition coefficient (Wildman–Crippen LogP) is 3.19. The van der Waals surface area contributed by atoms with E-state index in [1.165, 1.54) is 17.0 Å². The number of esters is 1. The van der Waals surface area contributed by atoms with Gasteiger partial charge in [0.1, 0.15) is 5.75 Å². The molecule has 3 rings (SSSR count). The number of carbonyl (C=O) groups excluding carboxylic acids is 2. The number of fused-ring (bicyclic) bond motifs is 1. The minimum Gasteiger partial charge on any atom is -0.479 e. The smallest absolute Gasteiger partial charge is 0.347 e. The van der Waals surface area contributed by atoms with Crippen molar-refractivity contribution < 1.29 is 24.0 Å². The van der Waals surface area contributed by atoms with Gasteiger partial charge in [0.25, 0.3) is 11.6 Å². The number of carbonyl (C=O) groups is 2. The van der Waals surface area contributed by atoms with Crippen molar-refractivity contribution in [3.63, 3.8) is 0 Å². The molecular formula is C21H22N2O6. The molecule has 8 heteroatoms. The molecule has 8 nitrogen and oxygen atoms in total. The second-order valence-electron chi connectivity index (χ2n) is 6.90.